The standard InChI is InChI=1S/C16H30N4O3/c1-16(2,3)23-15(22)18-10-13(11-4-5-11)19-12-6-8-20(9-7-12)14(17)21/h11-13,19H,4-10H2,1-3H3,(H2,17,21)(H,18,22). The van der Waals surface area contributed by atoms with Gasteiger partial charge in [-0.3, -0.25) is 0 Å². The minimum Gasteiger partial charge on any atom is -0.444 e. The van der Waals surface area contributed by atoms with Crippen molar-refractivity contribution in [2.24, 2.45) is 11.7 Å². The first-order chi connectivity index (χ1) is 10.7. The number of carbonyl (C=O) groups is 2. The largest absolute Gasteiger partial charge is 0.444 e. The van der Waals surface area contributed by atoms with Gasteiger partial charge in [-0.1, -0.05) is 0 Å². The quantitative estimate of drug-likeness (QED) is 0.712. The summed E-state index contributed by atoms with van der Waals surface area (Å²) in [5, 5.41) is 6.52. The van der Waals surface area contributed by atoms with E-state index in [0.717, 1.165) is 12.8 Å². The lowest BCUT2D eigenvalue weighted by atomic mass is 10.0. The molecule has 0 aromatic carbocycles. The van der Waals surface area contributed by atoms with Crippen LogP contribution >= 0.6 is 0 Å². The highest BCUT2D eigenvalue weighted by atomic mass is 16.6. The molecule has 1 atom stereocenters. The zero-order valence-corrected chi connectivity index (χ0v) is 14.4. The van der Waals surface area contributed by atoms with E-state index >= 15 is 0 Å². The number of rotatable bonds is 5. The average molecular weight is 326 g/mol. The molecule has 1 saturated carbocycles. The molecule has 4 N–H and O–H groups in total. The second-order valence-corrected chi connectivity index (χ2v) is 7.59. The molecule has 0 spiro atoms. The molecule has 23 heavy (non-hydrogen) atoms. The third kappa shape index (κ3) is 6.25. The van der Waals surface area contributed by atoms with Gasteiger partial charge in [0.15, 0.2) is 0 Å². The van der Waals surface area contributed by atoms with Crippen LogP contribution in [0.5, 0.6) is 0 Å². The van der Waals surface area contributed by atoms with E-state index in [1.807, 2.05) is 20.8 Å². The van der Waals surface area contributed by atoms with Crippen LogP contribution in [0.15, 0.2) is 0 Å². The van der Waals surface area contributed by atoms with E-state index in [0.29, 0.717) is 31.6 Å². The fraction of sp³-hybridized carbons (Fsp3) is 0.875. The topological polar surface area (TPSA) is 96.7 Å². The number of hydrogen-bond donors (Lipinski definition) is 3. The van der Waals surface area contributed by atoms with Crippen molar-refractivity contribution in [2.75, 3.05) is 19.6 Å². The van der Waals surface area contributed by atoms with Gasteiger partial charge in [0.2, 0.25) is 0 Å². The molecule has 0 aromatic heterocycles. The number of piperidine rings is 1. The predicted molar refractivity (Wildman–Crippen MR) is 88.1 cm³/mol. The molecule has 3 amide bonds. The number of hydrogen-bond acceptors (Lipinski definition) is 4. The number of likely N-dealkylation sites (tertiary alicyclic amines) is 1. The summed E-state index contributed by atoms with van der Waals surface area (Å²) in [4.78, 5) is 24.6. The molecule has 2 aliphatic rings. The Morgan fingerprint density at radius 2 is 1.83 bits per heavy atom. The smallest absolute Gasteiger partial charge is 0.407 e. The van der Waals surface area contributed by atoms with Gasteiger partial charge in [-0.2, -0.15) is 0 Å². The molecule has 7 heteroatoms. The van der Waals surface area contributed by atoms with Crippen LogP contribution in [0, 0.1) is 5.92 Å². The van der Waals surface area contributed by atoms with E-state index in [-0.39, 0.29) is 18.2 Å². The highest BCUT2D eigenvalue weighted by Crippen LogP contribution is 2.33. The third-order valence-electron chi connectivity index (χ3n) is 4.31. The summed E-state index contributed by atoms with van der Waals surface area (Å²) in [6.45, 7) is 7.55. The van der Waals surface area contributed by atoms with E-state index in [2.05, 4.69) is 10.6 Å². The first-order valence-electron chi connectivity index (χ1n) is 8.52. The number of nitrogens with one attached hydrogen (secondary N) is 2. The number of nitrogens with zero attached hydrogens (tertiary/aromatic N) is 1. The molecule has 1 unspecified atom stereocenters. The first-order valence-corrected chi connectivity index (χ1v) is 8.52. The van der Waals surface area contributed by atoms with E-state index < -0.39 is 5.60 Å². The molecule has 1 aliphatic carbocycles. The summed E-state index contributed by atoms with van der Waals surface area (Å²) >= 11 is 0. The van der Waals surface area contributed by atoms with Crippen molar-refractivity contribution >= 4 is 12.1 Å². The summed E-state index contributed by atoms with van der Waals surface area (Å²) in [5.41, 5.74) is 4.83. The maximum Gasteiger partial charge on any atom is 0.407 e. The summed E-state index contributed by atoms with van der Waals surface area (Å²) in [7, 11) is 0. The van der Waals surface area contributed by atoms with Crippen molar-refractivity contribution in [3.05, 3.63) is 0 Å². The fourth-order valence-electron chi connectivity index (χ4n) is 2.94. The van der Waals surface area contributed by atoms with Gasteiger partial charge in [0.1, 0.15) is 5.60 Å². The fourth-order valence-corrected chi connectivity index (χ4v) is 2.94. The summed E-state index contributed by atoms with van der Waals surface area (Å²) in [6, 6.07) is 0.304. The Bertz CT molecular complexity index is 424. The maximum absolute atomic E-state index is 11.8. The molecule has 0 bridgehead atoms. The lowest BCUT2D eigenvalue weighted by Crippen LogP contribution is -2.52. The molecule has 0 radical (unpaired) electrons. The van der Waals surface area contributed by atoms with Crippen molar-refractivity contribution in [3.8, 4) is 0 Å². The Hall–Kier alpha value is -1.50. The summed E-state index contributed by atoms with van der Waals surface area (Å²) < 4.78 is 5.28. The number of ether oxygens (including phenoxy) is 1. The Balaban J connectivity index is 1.74. The number of carbonyl (C=O) groups excluding carboxylic acids is 2. The lowest BCUT2D eigenvalue weighted by Gasteiger charge is -2.34. The van der Waals surface area contributed by atoms with Gasteiger partial charge in [0.05, 0.1) is 0 Å². The van der Waals surface area contributed by atoms with Crippen LogP contribution in [-0.2, 0) is 4.74 Å². The van der Waals surface area contributed by atoms with Crippen molar-refractivity contribution in [3.63, 3.8) is 0 Å². The molecule has 1 saturated heterocycles. The number of alkyl carbamates (subject to hydrolysis) is 1. The van der Waals surface area contributed by atoms with Crippen molar-refractivity contribution < 1.29 is 14.3 Å². The number of nitrogens with two attached hydrogens (primary N) is 1. The SMILES string of the molecule is CC(C)(C)OC(=O)NCC(NC1CCN(C(N)=O)CC1)C1CC1. The Kier molecular flexibility index (Phi) is 5.73. The van der Waals surface area contributed by atoms with E-state index in [9.17, 15) is 9.59 Å². The third-order valence-corrected chi connectivity index (χ3v) is 4.31. The molecule has 7 nitrogen and oxygen atoms in total. The van der Waals surface area contributed by atoms with Crippen LogP contribution in [0.25, 0.3) is 0 Å². The molecule has 1 heterocycles. The Morgan fingerprint density at radius 1 is 1.22 bits per heavy atom. The van der Waals surface area contributed by atoms with Gasteiger partial charge < -0.3 is 26.0 Å². The van der Waals surface area contributed by atoms with Gasteiger partial charge in [-0.15, -0.1) is 0 Å². The van der Waals surface area contributed by atoms with Crippen LogP contribution in [0.2, 0.25) is 0 Å². The second kappa shape index (κ2) is 7.38. The van der Waals surface area contributed by atoms with Crippen molar-refractivity contribution in [1.29, 1.82) is 0 Å². The van der Waals surface area contributed by atoms with Crippen molar-refractivity contribution in [1.82, 2.24) is 15.5 Å². The van der Waals surface area contributed by atoms with Gasteiger partial charge in [-0.05, 0) is 52.4 Å². The normalized spacial score (nSPS) is 20.9. The minimum atomic E-state index is -0.478. The van der Waals surface area contributed by atoms with Crippen LogP contribution in [0.4, 0.5) is 9.59 Å². The van der Waals surface area contributed by atoms with Gasteiger partial charge in [0.25, 0.3) is 0 Å². The number of amides is 3. The van der Waals surface area contributed by atoms with Crippen molar-refractivity contribution in [2.45, 2.75) is 64.1 Å². The van der Waals surface area contributed by atoms with Crippen LogP contribution in [0.1, 0.15) is 46.5 Å². The van der Waals surface area contributed by atoms with Crippen LogP contribution in [0.3, 0.4) is 0 Å². The number of primary amides is 1. The van der Waals surface area contributed by atoms with E-state index in [4.69, 9.17) is 10.5 Å². The molecule has 2 fully saturated rings. The maximum atomic E-state index is 11.8. The summed E-state index contributed by atoms with van der Waals surface area (Å²) in [5.74, 6) is 0.624. The highest BCUT2D eigenvalue weighted by molar-refractivity contribution is 5.72. The summed E-state index contributed by atoms with van der Waals surface area (Å²) in [6.07, 6.45) is 3.84. The van der Waals surface area contributed by atoms with E-state index in [1.54, 1.807) is 4.90 Å². The Labute approximate surface area is 138 Å². The second-order valence-electron chi connectivity index (χ2n) is 7.59. The Morgan fingerprint density at radius 3 is 2.30 bits per heavy atom. The van der Waals surface area contributed by atoms with Gasteiger partial charge in [-0.25, -0.2) is 9.59 Å². The molecule has 0 aromatic rings. The minimum absolute atomic E-state index is 0.271. The average Bonchev–Trinajstić information content (AvgIpc) is 3.26. The first kappa shape index (κ1) is 17.8. The lowest BCUT2D eigenvalue weighted by molar-refractivity contribution is 0.0519. The van der Waals surface area contributed by atoms with Crippen LogP contribution < -0.4 is 16.4 Å². The van der Waals surface area contributed by atoms with Crippen LogP contribution in [-0.4, -0.2) is 54.3 Å². The highest BCUT2D eigenvalue weighted by Gasteiger charge is 2.34. The predicted octanol–water partition coefficient (Wildman–Crippen LogP) is 1.42. The van der Waals surface area contributed by atoms with Gasteiger partial charge in [0, 0.05) is 31.7 Å². The van der Waals surface area contributed by atoms with Gasteiger partial charge >= 0.3 is 12.1 Å². The molecular weight excluding hydrogens is 296 g/mol. The molecular formula is C16H30N4O3. The zero-order valence-electron chi connectivity index (χ0n) is 14.4. The molecule has 2 rings (SSSR count). The monoisotopic (exact) mass is 326 g/mol. The zero-order chi connectivity index (χ0) is 17.0. The van der Waals surface area contributed by atoms with E-state index in [1.165, 1.54) is 12.8 Å². The molecule has 1 aliphatic heterocycles. The molecule has 132 valence electrons. The number of urea groups is 1.